The minimum atomic E-state index is 0.0669. The quantitative estimate of drug-likeness (QED) is 0.528. The standard InChI is InChI=1S/C22H23N3O2S2/c1-28-20-6-4-19(5-7-20)27-14-18-15-29-21(24-18)16-8-11-25(12-9-16)22(26)17-3-2-10-23-13-17/h2-7,10,13,15-16H,8-9,11-12,14H2,1H3. The Bertz CT molecular complexity index is 936. The first-order valence-corrected chi connectivity index (χ1v) is 11.7. The summed E-state index contributed by atoms with van der Waals surface area (Å²) >= 11 is 3.41. The fourth-order valence-corrected chi connectivity index (χ4v) is 4.79. The smallest absolute Gasteiger partial charge is 0.255 e. The molecular formula is C22H23N3O2S2. The molecule has 4 rings (SSSR count). The third kappa shape index (κ3) is 4.97. The Morgan fingerprint density at radius 1 is 1.24 bits per heavy atom. The van der Waals surface area contributed by atoms with Crippen LogP contribution in [-0.2, 0) is 6.61 Å². The summed E-state index contributed by atoms with van der Waals surface area (Å²) in [6.45, 7) is 1.99. The van der Waals surface area contributed by atoms with Crippen molar-refractivity contribution in [3.05, 3.63) is 70.4 Å². The SMILES string of the molecule is CSc1ccc(OCc2csc(C3CCN(C(=O)c4cccnc4)CC3)n2)cc1. The summed E-state index contributed by atoms with van der Waals surface area (Å²) in [6.07, 6.45) is 7.26. The summed E-state index contributed by atoms with van der Waals surface area (Å²) in [5, 5.41) is 3.23. The second kappa shape index (κ2) is 9.41. The molecule has 1 aliphatic heterocycles. The first-order valence-electron chi connectivity index (χ1n) is 9.63. The lowest BCUT2D eigenvalue weighted by molar-refractivity contribution is 0.0712. The van der Waals surface area contributed by atoms with Crippen LogP contribution >= 0.6 is 23.1 Å². The molecule has 0 radical (unpaired) electrons. The minimum absolute atomic E-state index is 0.0669. The van der Waals surface area contributed by atoms with Gasteiger partial charge in [-0.05, 0) is 55.5 Å². The van der Waals surface area contributed by atoms with Gasteiger partial charge in [-0.3, -0.25) is 9.78 Å². The number of hydrogen-bond acceptors (Lipinski definition) is 6. The largest absolute Gasteiger partial charge is 0.487 e. The maximum Gasteiger partial charge on any atom is 0.255 e. The van der Waals surface area contributed by atoms with E-state index in [9.17, 15) is 4.79 Å². The molecule has 1 aromatic carbocycles. The molecule has 0 spiro atoms. The van der Waals surface area contributed by atoms with Gasteiger partial charge in [0, 0.05) is 41.7 Å². The number of thioether (sulfide) groups is 1. The zero-order valence-corrected chi connectivity index (χ0v) is 17.9. The van der Waals surface area contributed by atoms with Gasteiger partial charge in [0.25, 0.3) is 5.91 Å². The Morgan fingerprint density at radius 2 is 2.03 bits per heavy atom. The second-order valence-corrected chi connectivity index (χ2v) is 8.72. The van der Waals surface area contributed by atoms with Gasteiger partial charge in [0.1, 0.15) is 12.4 Å². The highest BCUT2D eigenvalue weighted by atomic mass is 32.2. The van der Waals surface area contributed by atoms with Crippen molar-refractivity contribution in [1.29, 1.82) is 0 Å². The van der Waals surface area contributed by atoms with Crippen molar-refractivity contribution in [2.45, 2.75) is 30.3 Å². The number of nitrogens with zero attached hydrogens (tertiary/aromatic N) is 3. The van der Waals surface area contributed by atoms with E-state index in [4.69, 9.17) is 9.72 Å². The average Bonchev–Trinajstić information content (AvgIpc) is 3.27. The number of likely N-dealkylation sites (tertiary alicyclic amines) is 1. The van der Waals surface area contributed by atoms with Crippen LogP contribution in [0.3, 0.4) is 0 Å². The third-order valence-corrected chi connectivity index (χ3v) is 6.86. The maximum atomic E-state index is 12.6. The van der Waals surface area contributed by atoms with E-state index in [1.165, 1.54) is 4.90 Å². The van der Waals surface area contributed by atoms with Gasteiger partial charge in [0.15, 0.2) is 0 Å². The van der Waals surface area contributed by atoms with Crippen molar-refractivity contribution < 1.29 is 9.53 Å². The summed E-state index contributed by atoms with van der Waals surface area (Å²) < 4.78 is 5.87. The van der Waals surface area contributed by atoms with E-state index in [0.717, 1.165) is 42.4 Å². The van der Waals surface area contributed by atoms with Gasteiger partial charge in [0.05, 0.1) is 16.3 Å². The predicted molar refractivity (Wildman–Crippen MR) is 117 cm³/mol. The van der Waals surface area contributed by atoms with E-state index in [1.54, 1.807) is 41.6 Å². The zero-order valence-electron chi connectivity index (χ0n) is 16.3. The van der Waals surface area contributed by atoms with E-state index < -0.39 is 0 Å². The average molecular weight is 426 g/mol. The van der Waals surface area contributed by atoms with Crippen LogP contribution in [0.15, 0.2) is 59.1 Å². The molecule has 5 nitrogen and oxygen atoms in total. The molecule has 1 saturated heterocycles. The van der Waals surface area contributed by atoms with Crippen LogP contribution < -0.4 is 4.74 Å². The Hall–Kier alpha value is -2.38. The summed E-state index contributed by atoms with van der Waals surface area (Å²) in [5.41, 5.74) is 1.62. The number of carbonyl (C=O) groups excluding carboxylic acids is 1. The number of hydrogen-bond donors (Lipinski definition) is 0. The number of carbonyl (C=O) groups is 1. The van der Waals surface area contributed by atoms with Crippen LogP contribution in [0.2, 0.25) is 0 Å². The zero-order chi connectivity index (χ0) is 20.1. The fourth-order valence-electron chi connectivity index (χ4n) is 3.41. The highest BCUT2D eigenvalue weighted by Gasteiger charge is 2.26. The van der Waals surface area contributed by atoms with Crippen molar-refractivity contribution in [2.24, 2.45) is 0 Å². The van der Waals surface area contributed by atoms with Gasteiger partial charge in [0.2, 0.25) is 0 Å². The van der Waals surface area contributed by atoms with E-state index >= 15 is 0 Å². The third-order valence-electron chi connectivity index (χ3n) is 5.06. The number of piperidine rings is 1. The summed E-state index contributed by atoms with van der Waals surface area (Å²) in [4.78, 5) is 24.5. The lowest BCUT2D eigenvalue weighted by Gasteiger charge is -2.31. The number of thiazole rings is 1. The van der Waals surface area contributed by atoms with Crippen molar-refractivity contribution in [3.63, 3.8) is 0 Å². The maximum absolute atomic E-state index is 12.6. The molecule has 3 heterocycles. The summed E-state index contributed by atoms with van der Waals surface area (Å²) in [6, 6.07) is 11.7. The van der Waals surface area contributed by atoms with Gasteiger partial charge in [-0.25, -0.2) is 4.98 Å². The van der Waals surface area contributed by atoms with Crippen LogP contribution in [0, 0.1) is 0 Å². The van der Waals surface area contributed by atoms with Crippen molar-refractivity contribution in [3.8, 4) is 5.75 Å². The van der Waals surface area contributed by atoms with Gasteiger partial charge in [-0.2, -0.15) is 0 Å². The molecule has 0 N–H and O–H groups in total. The lowest BCUT2D eigenvalue weighted by atomic mass is 9.97. The molecular weight excluding hydrogens is 402 g/mol. The molecule has 2 aromatic heterocycles. The molecule has 0 atom stereocenters. The molecule has 150 valence electrons. The van der Waals surface area contributed by atoms with Gasteiger partial charge < -0.3 is 9.64 Å². The number of ether oxygens (including phenoxy) is 1. The molecule has 0 aliphatic carbocycles. The van der Waals surface area contributed by atoms with E-state index in [1.807, 2.05) is 23.1 Å². The first-order chi connectivity index (χ1) is 14.2. The topological polar surface area (TPSA) is 55.3 Å². The lowest BCUT2D eigenvalue weighted by Crippen LogP contribution is -2.37. The van der Waals surface area contributed by atoms with Crippen LogP contribution in [-0.4, -0.2) is 40.1 Å². The first kappa shape index (κ1) is 19.9. The number of pyridine rings is 1. The molecule has 0 saturated carbocycles. The van der Waals surface area contributed by atoms with E-state index in [0.29, 0.717) is 18.1 Å². The Balaban J connectivity index is 1.29. The number of aromatic nitrogens is 2. The van der Waals surface area contributed by atoms with Crippen LogP contribution in [0.4, 0.5) is 0 Å². The van der Waals surface area contributed by atoms with Crippen LogP contribution in [0.5, 0.6) is 5.75 Å². The molecule has 1 fully saturated rings. The number of amides is 1. The molecule has 7 heteroatoms. The van der Waals surface area contributed by atoms with Gasteiger partial charge in [-0.15, -0.1) is 23.1 Å². The van der Waals surface area contributed by atoms with Crippen molar-refractivity contribution in [2.75, 3.05) is 19.3 Å². The highest BCUT2D eigenvalue weighted by Crippen LogP contribution is 2.31. The van der Waals surface area contributed by atoms with E-state index in [2.05, 4.69) is 28.8 Å². The van der Waals surface area contributed by atoms with Gasteiger partial charge >= 0.3 is 0 Å². The number of rotatable bonds is 6. The Morgan fingerprint density at radius 3 is 2.72 bits per heavy atom. The van der Waals surface area contributed by atoms with E-state index in [-0.39, 0.29) is 5.91 Å². The van der Waals surface area contributed by atoms with Crippen molar-refractivity contribution >= 4 is 29.0 Å². The van der Waals surface area contributed by atoms with Crippen LogP contribution in [0.25, 0.3) is 0 Å². The fraction of sp³-hybridized carbons (Fsp3) is 0.318. The van der Waals surface area contributed by atoms with Gasteiger partial charge in [-0.1, -0.05) is 0 Å². The molecule has 0 bridgehead atoms. The normalized spacial score (nSPS) is 14.7. The minimum Gasteiger partial charge on any atom is -0.487 e. The molecule has 0 unspecified atom stereocenters. The predicted octanol–water partition coefficient (Wildman–Crippen LogP) is 4.86. The molecule has 29 heavy (non-hydrogen) atoms. The highest BCUT2D eigenvalue weighted by molar-refractivity contribution is 7.98. The summed E-state index contributed by atoms with van der Waals surface area (Å²) in [5.74, 6) is 1.34. The Kier molecular flexibility index (Phi) is 6.46. The van der Waals surface area contributed by atoms with Crippen LogP contribution in [0.1, 0.15) is 39.8 Å². The Labute approximate surface area is 179 Å². The monoisotopic (exact) mass is 425 g/mol. The molecule has 1 aliphatic rings. The second-order valence-electron chi connectivity index (χ2n) is 6.95. The molecule has 1 amide bonds. The molecule has 3 aromatic rings. The summed E-state index contributed by atoms with van der Waals surface area (Å²) in [7, 11) is 0. The number of benzene rings is 1. The van der Waals surface area contributed by atoms with Crippen molar-refractivity contribution in [1.82, 2.24) is 14.9 Å².